The number of hydrogen-bond acceptors (Lipinski definition) is 7. The number of cyclic esters (lactones) is 1. The van der Waals surface area contributed by atoms with E-state index in [0.29, 0.717) is 35.2 Å². The third-order valence-electron chi connectivity index (χ3n) is 4.17. The highest BCUT2D eigenvalue weighted by Crippen LogP contribution is 2.34. The zero-order valence-electron chi connectivity index (χ0n) is 16.4. The molecule has 0 saturated carbocycles. The number of rotatable bonds is 6. The Morgan fingerprint density at radius 2 is 1.93 bits per heavy atom. The lowest BCUT2D eigenvalue weighted by Gasteiger charge is -2.14. The highest BCUT2D eigenvalue weighted by molar-refractivity contribution is 6.13. The molecule has 0 atom stereocenters. The molecule has 29 heavy (non-hydrogen) atoms. The molecule has 0 radical (unpaired) electrons. The fourth-order valence-corrected chi connectivity index (χ4v) is 2.95. The topological polar surface area (TPSA) is 75.6 Å². The minimum absolute atomic E-state index is 0.0251. The standard InChI is InChI=1S/C22H21NO6/c1-4-25-19-10-14(5-7-18(19)28-13(2)3)9-16-22(24)29-21(23-16)15-6-8-17-20(11-15)27-12-26-17/h5-11,13H,4,12H2,1-3H3/b16-9+. The number of ether oxygens (including phenoxy) is 5. The number of aliphatic imine (C=N–C) groups is 1. The number of carbonyl (C=O) groups excluding carboxylic acids is 1. The molecule has 150 valence electrons. The van der Waals surface area contributed by atoms with Crippen molar-refractivity contribution in [3.8, 4) is 23.0 Å². The first-order valence-electron chi connectivity index (χ1n) is 9.39. The molecule has 0 unspecified atom stereocenters. The predicted octanol–water partition coefficient (Wildman–Crippen LogP) is 3.95. The monoisotopic (exact) mass is 395 g/mol. The van der Waals surface area contributed by atoms with E-state index in [1.807, 2.05) is 39.0 Å². The molecule has 2 aromatic rings. The van der Waals surface area contributed by atoms with Crippen molar-refractivity contribution in [3.63, 3.8) is 0 Å². The molecular formula is C22H21NO6. The first kappa shape index (κ1) is 18.9. The maximum Gasteiger partial charge on any atom is 0.363 e. The van der Waals surface area contributed by atoms with Gasteiger partial charge in [-0.25, -0.2) is 9.79 Å². The van der Waals surface area contributed by atoms with Crippen LogP contribution < -0.4 is 18.9 Å². The van der Waals surface area contributed by atoms with Crippen LogP contribution >= 0.6 is 0 Å². The minimum Gasteiger partial charge on any atom is -0.490 e. The van der Waals surface area contributed by atoms with E-state index in [1.165, 1.54) is 0 Å². The molecule has 7 nitrogen and oxygen atoms in total. The molecule has 0 spiro atoms. The van der Waals surface area contributed by atoms with E-state index < -0.39 is 5.97 Å². The minimum atomic E-state index is -0.516. The molecule has 0 N–H and O–H groups in total. The van der Waals surface area contributed by atoms with Crippen molar-refractivity contribution in [2.75, 3.05) is 13.4 Å². The normalized spacial score (nSPS) is 16.2. The number of esters is 1. The second-order valence-electron chi connectivity index (χ2n) is 6.71. The van der Waals surface area contributed by atoms with E-state index in [1.54, 1.807) is 24.3 Å². The summed E-state index contributed by atoms with van der Waals surface area (Å²) in [6.45, 7) is 6.48. The van der Waals surface area contributed by atoms with Crippen molar-refractivity contribution in [1.29, 1.82) is 0 Å². The molecule has 0 aromatic heterocycles. The number of nitrogens with zero attached hydrogens (tertiary/aromatic N) is 1. The van der Waals surface area contributed by atoms with Gasteiger partial charge in [0.05, 0.1) is 12.7 Å². The molecule has 7 heteroatoms. The highest BCUT2D eigenvalue weighted by atomic mass is 16.7. The second kappa shape index (κ2) is 7.87. The smallest absolute Gasteiger partial charge is 0.363 e. The number of hydrogen-bond donors (Lipinski definition) is 0. The molecule has 0 aliphatic carbocycles. The lowest BCUT2D eigenvalue weighted by atomic mass is 10.1. The van der Waals surface area contributed by atoms with Gasteiger partial charge < -0.3 is 23.7 Å². The van der Waals surface area contributed by atoms with Crippen molar-refractivity contribution in [1.82, 2.24) is 0 Å². The van der Waals surface area contributed by atoms with Crippen molar-refractivity contribution < 1.29 is 28.5 Å². The summed E-state index contributed by atoms with van der Waals surface area (Å²) in [4.78, 5) is 16.6. The highest BCUT2D eigenvalue weighted by Gasteiger charge is 2.26. The van der Waals surface area contributed by atoms with Crippen LogP contribution in [0, 0.1) is 0 Å². The van der Waals surface area contributed by atoms with Gasteiger partial charge in [-0.3, -0.25) is 0 Å². The molecule has 2 aliphatic rings. The summed E-state index contributed by atoms with van der Waals surface area (Å²) < 4.78 is 27.4. The molecule has 2 heterocycles. The zero-order chi connectivity index (χ0) is 20.4. The van der Waals surface area contributed by atoms with E-state index >= 15 is 0 Å². The molecule has 0 saturated heterocycles. The van der Waals surface area contributed by atoms with Crippen LogP contribution in [-0.4, -0.2) is 31.4 Å². The lowest BCUT2D eigenvalue weighted by Crippen LogP contribution is -2.07. The number of carbonyl (C=O) groups is 1. The summed E-state index contributed by atoms with van der Waals surface area (Å²) in [6, 6.07) is 10.7. The Balaban J connectivity index is 1.62. The Bertz CT molecular complexity index is 1010. The number of benzene rings is 2. The SMILES string of the molecule is CCOc1cc(/C=C2/N=C(c3ccc4c(c3)OCO4)OC2=O)ccc1OC(C)C. The Morgan fingerprint density at radius 3 is 2.72 bits per heavy atom. The average molecular weight is 395 g/mol. The van der Waals surface area contributed by atoms with Crippen LogP contribution in [0.5, 0.6) is 23.0 Å². The molecule has 2 aromatic carbocycles. The summed E-state index contributed by atoms with van der Waals surface area (Å²) in [6.07, 6.45) is 1.68. The Morgan fingerprint density at radius 1 is 1.10 bits per heavy atom. The maximum absolute atomic E-state index is 12.3. The first-order chi connectivity index (χ1) is 14.0. The van der Waals surface area contributed by atoms with Gasteiger partial charge in [0, 0.05) is 5.56 Å². The van der Waals surface area contributed by atoms with Crippen molar-refractivity contribution in [3.05, 3.63) is 53.2 Å². The summed E-state index contributed by atoms with van der Waals surface area (Å²) in [5.74, 6) is 2.23. The number of fused-ring (bicyclic) bond motifs is 1. The van der Waals surface area contributed by atoms with Gasteiger partial charge in [-0.05, 0) is 62.7 Å². The third kappa shape index (κ3) is 4.03. The molecule has 2 aliphatic heterocycles. The maximum atomic E-state index is 12.3. The van der Waals surface area contributed by atoms with Gasteiger partial charge in [0.25, 0.3) is 0 Å². The second-order valence-corrected chi connectivity index (χ2v) is 6.71. The average Bonchev–Trinajstić information content (AvgIpc) is 3.30. The molecule has 4 rings (SSSR count). The quantitative estimate of drug-likeness (QED) is 0.545. The molecule has 0 fully saturated rings. The van der Waals surface area contributed by atoms with Gasteiger partial charge in [0.15, 0.2) is 28.7 Å². The van der Waals surface area contributed by atoms with Gasteiger partial charge in [-0.15, -0.1) is 0 Å². The van der Waals surface area contributed by atoms with Gasteiger partial charge in [0.1, 0.15) is 0 Å². The first-order valence-corrected chi connectivity index (χ1v) is 9.39. The zero-order valence-corrected chi connectivity index (χ0v) is 16.4. The Kier molecular flexibility index (Phi) is 5.12. The van der Waals surface area contributed by atoms with Crippen LogP contribution in [0.15, 0.2) is 47.1 Å². The molecular weight excluding hydrogens is 374 g/mol. The van der Waals surface area contributed by atoms with E-state index in [2.05, 4.69) is 4.99 Å². The summed E-state index contributed by atoms with van der Waals surface area (Å²) in [5.41, 5.74) is 1.60. The fraction of sp³-hybridized carbons (Fsp3) is 0.273. The lowest BCUT2D eigenvalue weighted by molar-refractivity contribution is -0.129. The summed E-state index contributed by atoms with van der Waals surface area (Å²) in [5, 5.41) is 0. The van der Waals surface area contributed by atoms with Crippen LogP contribution in [0.3, 0.4) is 0 Å². The van der Waals surface area contributed by atoms with Gasteiger partial charge in [-0.1, -0.05) is 6.07 Å². The summed E-state index contributed by atoms with van der Waals surface area (Å²) >= 11 is 0. The van der Waals surface area contributed by atoms with Crippen LogP contribution in [0.25, 0.3) is 6.08 Å². The molecule has 0 amide bonds. The third-order valence-corrected chi connectivity index (χ3v) is 4.17. The largest absolute Gasteiger partial charge is 0.490 e. The van der Waals surface area contributed by atoms with Crippen LogP contribution in [0.2, 0.25) is 0 Å². The van der Waals surface area contributed by atoms with E-state index in [9.17, 15) is 4.79 Å². The van der Waals surface area contributed by atoms with E-state index in [4.69, 9.17) is 23.7 Å². The Hall–Kier alpha value is -3.48. The van der Waals surface area contributed by atoms with Crippen molar-refractivity contribution in [2.24, 2.45) is 4.99 Å². The van der Waals surface area contributed by atoms with E-state index in [-0.39, 0.29) is 24.5 Å². The predicted molar refractivity (Wildman–Crippen MR) is 107 cm³/mol. The van der Waals surface area contributed by atoms with Crippen LogP contribution in [0.4, 0.5) is 0 Å². The Labute approximate surface area is 168 Å². The van der Waals surface area contributed by atoms with Crippen LogP contribution in [0.1, 0.15) is 31.9 Å². The van der Waals surface area contributed by atoms with Crippen molar-refractivity contribution >= 4 is 17.9 Å². The van der Waals surface area contributed by atoms with Gasteiger partial charge >= 0.3 is 5.97 Å². The van der Waals surface area contributed by atoms with Crippen molar-refractivity contribution in [2.45, 2.75) is 26.9 Å². The summed E-state index contributed by atoms with van der Waals surface area (Å²) in [7, 11) is 0. The van der Waals surface area contributed by atoms with Gasteiger partial charge in [0.2, 0.25) is 12.7 Å². The fourth-order valence-electron chi connectivity index (χ4n) is 2.95. The van der Waals surface area contributed by atoms with Crippen LogP contribution in [-0.2, 0) is 9.53 Å². The van der Waals surface area contributed by atoms with Gasteiger partial charge in [-0.2, -0.15) is 0 Å². The van der Waals surface area contributed by atoms with E-state index in [0.717, 1.165) is 5.56 Å². The molecule has 0 bridgehead atoms.